The van der Waals surface area contributed by atoms with Crippen molar-refractivity contribution in [3.05, 3.63) is 28.8 Å². The van der Waals surface area contributed by atoms with Gasteiger partial charge in [-0.1, -0.05) is 18.5 Å². The molecule has 3 nitrogen and oxygen atoms in total. The monoisotopic (exact) mass is 224 g/mol. The summed E-state index contributed by atoms with van der Waals surface area (Å²) in [5.41, 5.74) is 7.27. The van der Waals surface area contributed by atoms with Crippen LogP contribution in [-0.4, -0.2) is 18.5 Å². The molecule has 1 atom stereocenters. The number of nitrogens with two attached hydrogens (primary N) is 1. The zero-order valence-electron chi connectivity index (χ0n) is 8.53. The number of hydrogen-bond donors (Lipinski definition) is 1. The topological polar surface area (TPSA) is 47.6 Å². The molecule has 0 unspecified atom stereocenters. The van der Waals surface area contributed by atoms with Crippen molar-refractivity contribution in [2.45, 2.75) is 19.4 Å². The van der Waals surface area contributed by atoms with Gasteiger partial charge in [-0.2, -0.15) is 0 Å². The van der Waals surface area contributed by atoms with Gasteiger partial charge in [0.1, 0.15) is 6.61 Å². The molecule has 2 rings (SSSR count). The van der Waals surface area contributed by atoms with Crippen LogP contribution in [0.5, 0.6) is 0 Å². The van der Waals surface area contributed by atoms with Gasteiger partial charge in [-0.05, 0) is 24.6 Å². The third-order valence-corrected chi connectivity index (χ3v) is 2.66. The highest BCUT2D eigenvalue weighted by Crippen LogP contribution is 2.22. The fourth-order valence-electron chi connectivity index (χ4n) is 1.49. The molecule has 1 aromatic rings. The molecule has 0 aliphatic carbocycles. The Balaban J connectivity index is 2.34. The number of aliphatic imine (C=N–C) groups is 1. The summed E-state index contributed by atoms with van der Waals surface area (Å²) in [4.78, 5) is 4.43. The van der Waals surface area contributed by atoms with E-state index in [1.807, 2.05) is 0 Å². The molecule has 0 aromatic heterocycles. The van der Waals surface area contributed by atoms with E-state index in [1.54, 1.807) is 18.2 Å². The Morgan fingerprint density at radius 1 is 1.60 bits per heavy atom. The second kappa shape index (κ2) is 4.11. The third-order valence-electron chi connectivity index (χ3n) is 2.43. The van der Waals surface area contributed by atoms with Gasteiger partial charge in [-0.15, -0.1) is 0 Å². The van der Waals surface area contributed by atoms with Crippen LogP contribution in [-0.2, 0) is 4.74 Å². The summed E-state index contributed by atoms with van der Waals surface area (Å²) in [5.74, 6) is 0.613. The Kier molecular flexibility index (Phi) is 2.82. The number of nitrogens with zero attached hydrogens (tertiary/aromatic N) is 1. The standard InChI is InChI=1S/C11H13ClN2O/c1-2-8-6-15-11(14-8)9-5-7(12)3-4-10(9)13/h3-5,8H,2,6,13H2,1H3/t8-/m1/s1. The van der Waals surface area contributed by atoms with Crippen LogP contribution in [0.15, 0.2) is 23.2 Å². The summed E-state index contributed by atoms with van der Waals surface area (Å²) in [6.07, 6.45) is 0.976. The number of hydrogen-bond acceptors (Lipinski definition) is 3. The first-order valence-corrected chi connectivity index (χ1v) is 5.34. The number of ether oxygens (including phenoxy) is 1. The molecule has 0 amide bonds. The van der Waals surface area contributed by atoms with E-state index in [1.165, 1.54) is 0 Å². The van der Waals surface area contributed by atoms with Crippen molar-refractivity contribution in [3.8, 4) is 0 Å². The average Bonchev–Trinajstić information content (AvgIpc) is 2.70. The van der Waals surface area contributed by atoms with Crippen LogP contribution < -0.4 is 5.73 Å². The molecule has 0 saturated carbocycles. The zero-order chi connectivity index (χ0) is 10.8. The van der Waals surface area contributed by atoms with E-state index in [4.69, 9.17) is 22.1 Å². The molecule has 0 saturated heterocycles. The molecule has 0 fully saturated rings. The van der Waals surface area contributed by atoms with E-state index in [0.29, 0.717) is 23.2 Å². The van der Waals surface area contributed by atoms with Crippen molar-refractivity contribution in [2.75, 3.05) is 12.3 Å². The Morgan fingerprint density at radius 3 is 3.07 bits per heavy atom. The predicted molar refractivity (Wildman–Crippen MR) is 62.4 cm³/mol. The summed E-state index contributed by atoms with van der Waals surface area (Å²) in [7, 11) is 0. The fourth-order valence-corrected chi connectivity index (χ4v) is 1.66. The molecular weight excluding hydrogens is 212 g/mol. The minimum Gasteiger partial charge on any atom is -0.475 e. The van der Waals surface area contributed by atoms with Crippen LogP contribution in [0.25, 0.3) is 0 Å². The maximum absolute atomic E-state index is 5.90. The molecule has 80 valence electrons. The smallest absolute Gasteiger partial charge is 0.218 e. The molecule has 1 heterocycles. The molecule has 2 N–H and O–H groups in total. The van der Waals surface area contributed by atoms with Gasteiger partial charge < -0.3 is 10.5 Å². The molecule has 0 radical (unpaired) electrons. The molecule has 0 spiro atoms. The van der Waals surface area contributed by atoms with Crippen molar-refractivity contribution in [2.24, 2.45) is 4.99 Å². The van der Waals surface area contributed by atoms with Crippen molar-refractivity contribution >= 4 is 23.2 Å². The van der Waals surface area contributed by atoms with Crippen LogP contribution in [0.4, 0.5) is 5.69 Å². The summed E-state index contributed by atoms with van der Waals surface area (Å²) in [6, 6.07) is 5.56. The maximum Gasteiger partial charge on any atom is 0.218 e. The van der Waals surface area contributed by atoms with E-state index in [2.05, 4.69) is 11.9 Å². The predicted octanol–water partition coefficient (Wildman–Crippen LogP) is 2.48. The Morgan fingerprint density at radius 2 is 2.40 bits per heavy atom. The van der Waals surface area contributed by atoms with Gasteiger partial charge in [0.05, 0.1) is 11.6 Å². The van der Waals surface area contributed by atoms with Gasteiger partial charge in [0, 0.05) is 10.7 Å². The van der Waals surface area contributed by atoms with E-state index in [-0.39, 0.29) is 6.04 Å². The number of nitrogen functional groups attached to an aromatic ring is 1. The molecular formula is C11H13ClN2O. The minimum absolute atomic E-state index is 0.249. The molecule has 1 aromatic carbocycles. The van der Waals surface area contributed by atoms with Crippen LogP contribution in [0.1, 0.15) is 18.9 Å². The average molecular weight is 225 g/mol. The Labute approximate surface area is 93.9 Å². The van der Waals surface area contributed by atoms with Gasteiger partial charge in [-0.3, -0.25) is 0 Å². The summed E-state index contributed by atoms with van der Waals surface area (Å²) < 4.78 is 5.49. The summed E-state index contributed by atoms with van der Waals surface area (Å²) in [6.45, 7) is 2.72. The largest absolute Gasteiger partial charge is 0.475 e. The van der Waals surface area contributed by atoms with E-state index >= 15 is 0 Å². The van der Waals surface area contributed by atoms with Gasteiger partial charge in [0.15, 0.2) is 0 Å². The number of rotatable bonds is 2. The quantitative estimate of drug-likeness (QED) is 0.785. The Hall–Kier alpha value is -1.22. The van der Waals surface area contributed by atoms with Crippen molar-refractivity contribution in [1.82, 2.24) is 0 Å². The van der Waals surface area contributed by atoms with Gasteiger partial charge in [-0.25, -0.2) is 4.99 Å². The highest BCUT2D eigenvalue weighted by atomic mass is 35.5. The molecule has 1 aliphatic rings. The normalized spacial score (nSPS) is 19.9. The second-order valence-electron chi connectivity index (χ2n) is 3.54. The highest BCUT2D eigenvalue weighted by molar-refractivity contribution is 6.31. The molecule has 0 bridgehead atoms. The minimum atomic E-state index is 0.249. The van der Waals surface area contributed by atoms with Crippen LogP contribution in [0.3, 0.4) is 0 Å². The van der Waals surface area contributed by atoms with Crippen molar-refractivity contribution in [3.63, 3.8) is 0 Å². The zero-order valence-corrected chi connectivity index (χ0v) is 9.29. The number of benzene rings is 1. The number of anilines is 1. The first kappa shape index (κ1) is 10.3. The van der Waals surface area contributed by atoms with Gasteiger partial charge >= 0.3 is 0 Å². The van der Waals surface area contributed by atoms with Crippen LogP contribution >= 0.6 is 11.6 Å². The second-order valence-corrected chi connectivity index (χ2v) is 3.98. The van der Waals surface area contributed by atoms with Gasteiger partial charge in [0.25, 0.3) is 0 Å². The van der Waals surface area contributed by atoms with Crippen molar-refractivity contribution in [1.29, 1.82) is 0 Å². The molecule has 15 heavy (non-hydrogen) atoms. The van der Waals surface area contributed by atoms with Crippen molar-refractivity contribution < 1.29 is 4.74 Å². The lowest BCUT2D eigenvalue weighted by Crippen LogP contribution is -2.05. The SMILES string of the molecule is CC[C@@H]1COC(c2cc(Cl)ccc2N)=N1. The first-order valence-electron chi connectivity index (χ1n) is 4.96. The molecule has 4 heteroatoms. The summed E-state index contributed by atoms with van der Waals surface area (Å²) >= 11 is 5.90. The van der Waals surface area contributed by atoms with E-state index in [0.717, 1.165) is 12.0 Å². The van der Waals surface area contributed by atoms with E-state index < -0.39 is 0 Å². The third kappa shape index (κ3) is 2.07. The summed E-state index contributed by atoms with van der Waals surface area (Å²) in [5, 5.41) is 0.644. The van der Waals surface area contributed by atoms with Crippen LogP contribution in [0, 0.1) is 0 Å². The maximum atomic E-state index is 5.90. The lowest BCUT2D eigenvalue weighted by Gasteiger charge is -2.05. The Bertz CT molecular complexity index is 404. The first-order chi connectivity index (χ1) is 7.20. The van der Waals surface area contributed by atoms with Gasteiger partial charge in [0.2, 0.25) is 5.90 Å². The lowest BCUT2D eigenvalue weighted by atomic mass is 10.2. The lowest BCUT2D eigenvalue weighted by molar-refractivity contribution is 0.315. The highest BCUT2D eigenvalue weighted by Gasteiger charge is 2.20. The van der Waals surface area contributed by atoms with E-state index in [9.17, 15) is 0 Å². The van der Waals surface area contributed by atoms with Crippen LogP contribution in [0.2, 0.25) is 5.02 Å². The fraction of sp³-hybridized carbons (Fsp3) is 0.364. The number of halogens is 1. The molecule has 1 aliphatic heterocycles.